The standard InChI is InChI=1S/C7H11NO2/c1-6-2-3-7(4-9)8(6)5-10/h4-7H,2-3H2,1H3/t6-,7-/m0/s1. The molecule has 1 rings (SSSR count). The van der Waals surface area contributed by atoms with E-state index < -0.39 is 0 Å². The van der Waals surface area contributed by atoms with Crippen molar-refractivity contribution in [2.45, 2.75) is 31.8 Å². The molecule has 0 aromatic rings. The zero-order valence-electron chi connectivity index (χ0n) is 5.99. The summed E-state index contributed by atoms with van der Waals surface area (Å²) in [5.41, 5.74) is 0. The largest absolute Gasteiger partial charge is 0.333 e. The second-order valence-corrected chi connectivity index (χ2v) is 2.68. The van der Waals surface area contributed by atoms with Crippen LogP contribution < -0.4 is 0 Å². The van der Waals surface area contributed by atoms with Crippen molar-refractivity contribution in [3.8, 4) is 0 Å². The van der Waals surface area contributed by atoms with Crippen LogP contribution in [0.4, 0.5) is 0 Å². The Bertz CT molecular complexity index is 147. The van der Waals surface area contributed by atoms with Gasteiger partial charge in [-0.25, -0.2) is 0 Å². The first kappa shape index (κ1) is 7.25. The first-order valence-corrected chi connectivity index (χ1v) is 3.47. The van der Waals surface area contributed by atoms with Crippen LogP contribution in [0, 0.1) is 0 Å². The van der Waals surface area contributed by atoms with Crippen molar-refractivity contribution in [1.29, 1.82) is 0 Å². The summed E-state index contributed by atoms with van der Waals surface area (Å²) in [5.74, 6) is 0. The molecule has 0 spiro atoms. The van der Waals surface area contributed by atoms with Crippen molar-refractivity contribution >= 4 is 12.7 Å². The molecule has 0 aliphatic carbocycles. The highest BCUT2D eigenvalue weighted by atomic mass is 16.1. The van der Waals surface area contributed by atoms with E-state index in [1.807, 2.05) is 6.92 Å². The second kappa shape index (κ2) is 2.82. The van der Waals surface area contributed by atoms with E-state index in [-0.39, 0.29) is 12.1 Å². The number of aldehydes is 1. The van der Waals surface area contributed by atoms with Crippen LogP contribution in [-0.2, 0) is 9.59 Å². The fourth-order valence-corrected chi connectivity index (χ4v) is 1.36. The topological polar surface area (TPSA) is 37.4 Å². The first-order chi connectivity index (χ1) is 4.79. The molecule has 3 nitrogen and oxygen atoms in total. The lowest BCUT2D eigenvalue weighted by Crippen LogP contribution is -2.33. The number of carbonyl (C=O) groups is 2. The van der Waals surface area contributed by atoms with Crippen LogP contribution >= 0.6 is 0 Å². The zero-order valence-corrected chi connectivity index (χ0v) is 5.99. The molecule has 56 valence electrons. The monoisotopic (exact) mass is 141 g/mol. The maximum atomic E-state index is 10.4. The van der Waals surface area contributed by atoms with Crippen molar-refractivity contribution in [3.05, 3.63) is 0 Å². The van der Waals surface area contributed by atoms with E-state index in [0.29, 0.717) is 0 Å². The fourth-order valence-electron chi connectivity index (χ4n) is 1.36. The lowest BCUT2D eigenvalue weighted by molar-refractivity contribution is -0.125. The molecule has 0 aromatic heterocycles. The first-order valence-electron chi connectivity index (χ1n) is 3.47. The molecule has 0 bridgehead atoms. The van der Waals surface area contributed by atoms with Crippen molar-refractivity contribution < 1.29 is 9.59 Å². The van der Waals surface area contributed by atoms with E-state index >= 15 is 0 Å². The Hall–Kier alpha value is -0.860. The van der Waals surface area contributed by atoms with Gasteiger partial charge >= 0.3 is 0 Å². The molecule has 1 fully saturated rings. The van der Waals surface area contributed by atoms with E-state index in [1.165, 1.54) is 0 Å². The van der Waals surface area contributed by atoms with Gasteiger partial charge in [0.2, 0.25) is 6.41 Å². The van der Waals surface area contributed by atoms with Gasteiger partial charge in [0.1, 0.15) is 6.29 Å². The van der Waals surface area contributed by atoms with Crippen LogP contribution in [0.25, 0.3) is 0 Å². The Balaban J connectivity index is 2.61. The van der Waals surface area contributed by atoms with Crippen LogP contribution in [0.15, 0.2) is 0 Å². The molecular weight excluding hydrogens is 130 g/mol. The number of likely N-dealkylation sites (tertiary alicyclic amines) is 1. The minimum Gasteiger partial charge on any atom is -0.333 e. The highest BCUT2D eigenvalue weighted by molar-refractivity contribution is 5.65. The number of rotatable bonds is 2. The number of carbonyl (C=O) groups excluding carboxylic acids is 2. The molecule has 3 heteroatoms. The number of hydrogen-bond acceptors (Lipinski definition) is 2. The van der Waals surface area contributed by atoms with Gasteiger partial charge in [0, 0.05) is 6.04 Å². The molecule has 0 aromatic carbocycles. The van der Waals surface area contributed by atoms with Crippen LogP contribution in [0.2, 0.25) is 0 Å². The number of amides is 1. The molecule has 1 heterocycles. The average Bonchev–Trinajstić information content (AvgIpc) is 2.30. The molecule has 1 aliphatic heterocycles. The third-order valence-electron chi connectivity index (χ3n) is 2.05. The molecule has 0 N–H and O–H groups in total. The van der Waals surface area contributed by atoms with Crippen molar-refractivity contribution in [1.82, 2.24) is 4.90 Å². The van der Waals surface area contributed by atoms with Crippen LogP contribution in [0.5, 0.6) is 0 Å². The Kier molecular flexibility index (Phi) is 2.04. The smallest absolute Gasteiger partial charge is 0.210 e. The highest BCUT2D eigenvalue weighted by Gasteiger charge is 2.28. The molecule has 1 amide bonds. The third-order valence-corrected chi connectivity index (χ3v) is 2.05. The summed E-state index contributed by atoms with van der Waals surface area (Å²) >= 11 is 0. The van der Waals surface area contributed by atoms with Gasteiger partial charge in [-0.1, -0.05) is 0 Å². The van der Waals surface area contributed by atoms with Gasteiger partial charge in [-0.15, -0.1) is 0 Å². The quantitative estimate of drug-likeness (QED) is 0.515. The molecule has 0 radical (unpaired) electrons. The minimum absolute atomic E-state index is 0.160. The zero-order chi connectivity index (χ0) is 7.56. The Morgan fingerprint density at radius 2 is 2.10 bits per heavy atom. The van der Waals surface area contributed by atoms with Gasteiger partial charge in [-0.05, 0) is 19.8 Å². The normalized spacial score (nSPS) is 32.3. The second-order valence-electron chi connectivity index (χ2n) is 2.68. The van der Waals surface area contributed by atoms with Gasteiger partial charge in [-0.2, -0.15) is 0 Å². The SMILES string of the molecule is C[C@H]1CC[C@@H](C=O)N1C=O. The third kappa shape index (κ3) is 1.03. The molecule has 0 saturated carbocycles. The molecule has 0 unspecified atom stereocenters. The van der Waals surface area contributed by atoms with Gasteiger partial charge in [0.25, 0.3) is 0 Å². The Labute approximate surface area is 60.0 Å². The summed E-state index contributed by atoms with van der Waals surface area (Å²) in [7, 11) is 0. The molecule has 1 saturated heterocycles. The van der Waals surface area contributed by atoms with E-state index in [0.717, 1.165) is 25.5 Å². The van der Waals surface area contributed by atoms with Crippen molar-refractivity contribution in [2.24, 2.45) is 0 Å². The molecule has 2 atom stereocenters. The molecule has 1 aliphatic rings. The van der Waals surface area contributed by atoms with E-state index in [9.17, 15) is 9.59 Å². The lowest BCUT2D eigenvalue weighted by Gasteiger charge is -2.18. The minimum atomic E-state index is -0.160. The van der Waals surface area contributed by atoms with Crippen LogP contribution in [0.3, 0.4) is 0 Å². The summed E-state index contributed by atoms with van der Waals surface area (Å²) in [6.07, 6.45) is 3.38. The van der Waals surface area contributed by atoms with Gasteiger partial charge in [0.15, 0.2) is 0 Å². The summed E-state index contributed by atoms with van der Waals surface area (Å²) in [5, 5.41) is 0. The summed E-state index contributed by atoms with van der Waals surface area (Å²) in [4.78, 5) is 22.3. The van der Waals surface area contributed by atoms with Crippen molar-refractivity contribution in [3.63, 3.8) is 0 Å². The van der Waals surface area contributed by atoms with Crippen molar-refractivity contribution in [2.75, 3.05) is 0 Å². The van der Waals surface area contributed by atoms with Gasteiger partial charge < -0.3 is 9.69 Å². The summed E-state index contributed by atoms with van der Waals surface area (Å²) < 4.78 is 0. The fraction of sp³-hybridized carbons (Fsp3) is 0.714. The number of nitrogens with zero attached hydrogens (tertiary/aromatic N) is 1. The highest BCUT2D eigenvalue weighted by Crippen LogP contribution is 2.19. The lowest BCUT2D eigenvalue weighted by atomic mass is 10.2. The number of hydrogen-bond donors (Lipinski definition) is 0. The predicted molar refractivity (Wildman–Crippen MR) is 36.5 cm³/mol. The summed E-state index contributed by atoms with van der Waals surface area (Å²) in [6, 6.07) is 0.0835. The maximum absolute atomic E-state index is 10.4. The Morgan fingerprint density at radius 1 is 1.40 bits per heavy atom. The van der Waals surface area contributed by atoms with Crippen LogP contribution in [-0.4, -0.2) is 29.7 Å². The maximum Gasteiger partial charge on any atom is 0.210 e. The van der Waals surface area contributed by atoms with E-state index in [1.54, 1.807) is 4.90 Å². The Morgan fingerprint density at radius 3 is 2.50 bits per heavy atom. The van der Waals surface area contributed by atoms with E-state index in [2.05, 4.69) is 0 Å². The van der Waals surface area contributed by atoms with E-state index in [4.69, 9.17) is 0 Å². The molecular formula is C7H11NO2. The average molecular weight is 141 g/mol. The molecule has 10 heavy (non-hydrogen) atoms. The summed E-state index contributed by atoms with van der Waals surface area (Å²) in [6.45, 7) is 1.96. The van der Waals surface area contributed by atoms with Crippen LogP contribution in [0.1, 0.15) is 19.8 Å². The van der Waals surface area contributed by atoms with Gasteiger partial charge in [0.05, 0.1) is 6.04 Å². The van der Waals surface area contributed by atoms with Gasteiger partial charge in [-0.3, -0.25) is 4.79 Å². The predicted octanol–water partition coefficient (Wildman–Crippen LogP) is 0.195.